The van der Waals surface area contributed by atoms with Gasteiger partial charge < -0.3 is 14.4 Å². The van der Waals surface area contributed by atoms with Crippen LogP contribution in [0.25, 0.3) is 0 Å². The van der Waals surface area contributed by atoms with Crippen molar-refractivity contribution in [3.8, 4) is 11.5 Å². The van der Waals surface area contributed by atoms with Crippen LogP contribution in [0, 0.1) is 0 Å². The molecule has 2 aromatic rings. The maximum atomic E-state index is 13.0. The molecule has 2 saturated heterocycles. The van der Waals surface area contributed by atoms with E-state index >= 15 is 0 Å². The van der Waals surface area contributed by atoms with E-state index in [1.165, 1.54) is 11.1 Å². The minimum atomic E-state index is -0.152. The highest BCUT2D eigenvalue weighted by Gasteiger charge is 2.43. The Balaban J connectivity index is 1.26. The minimum absolute atomic E-state index is 0.152. The van der Waals surface area contributed by atoms with Gasteiger partial charge in [-0.25, -0.2) is 0 Å². The number of fused-ring (bicyclic) bond motifs is 1. The van der Waals surface area contributed by atoms with Crippen molar-refractivity contribution in [1.82, 2.24) is 9.80 Å². The molecule has 2 fully saturated rings. The monoisotopic (exact) mass is 434 g/mol. The second-order valence-corrected chi connectivity index (χ2v) is 9.64. The quantitative estimate of drug-likeness (QED) is 0.689. The fraction of sp³-hybridized carbons (Fsp3) is 0.519. The Labute approximate surface area is 191 Å². The summed E-state index contributed by atoms with van der Waals surface area (Å²) >= 11 is 0. The van der Waals surface area contributed by atoms with E-state index in [0.717, 1.165) is 76.3 Å². The van der Waals surface area contributed by atoms with Crippen LogP contribution in [0.1, 0.15) is 55.6 Å². The first-order chi connectivity index (χ1) is 15.6. The van der Waals surface area contributed by atoms with Crippen LogP contribution in [0.5, 0.6) is 11.5 Å². The number of carbonyl (C=O) groups excluding carboxylic acids is 1. The second-order valence-electron chi connectivity index (χ2n) is 9.64. The Bertz CT molecular complexity index is 928. The number of likely N-dealkylation sites (tertiary alicyclic amines) is 2. The van der Waals surface area contributed by atoms with Gasteiger partial charge in [-0.05, 0) is 61.4 Å². The first kappa shape index (κ1) is 21.3. The van der Waals surface area contributed by atoms with E-state index in [1.54, 1.807) is 7.11 Å². The first-order valence-electron chi connectivity index (χ1n) is 12.1. The molecule has 2 aromatic carbocycles. The fourth-order valence-corrected chi connectivity index (χ4v) is 5.65. The van der Waals surface area contributed by atoms with Gasteiger partial charge in [0.25, 0.3) is 0 Å². The van der Waals surface area contributed by atoms with E-state index in [0.29, 0.717) is 12.3 Å². The number of methoxy groups -OCH3 is 1. The highest BCUT2D eigenvalue weighted by molar-refractivity contribution is 5.77. The van der Waals surface area contributed by atoms with Gasteiger partial charge in [-0.3, -0.25) is 9.69 Å². The lowest BCUT2D eigenvalue weighted by Crippen LogP contribution is -2.50. The first-order valence-corrected chi connectivity index (χ1v) is 12.1. The van der Waals surface area contributed by atoms with E-state index < -0.39 is 0 Å². The summed E-state index contributed by atoms with van der Waals surface area (Å²) in [5.74, 6) is 2.45. The zero-order chi connectivity index (χ0) is 22.0. The predicted molar refractivity (Wildman–Crippen MR) is 125 cm³/mol. The van der Waals surface area contributed by atoms with Gasteiger partial charge in [-0.1, -0.05) is 30.3 Å². The number of para-hydroxylation sites is 1. The van der Waals surface area contributed by atoms with E-state index in [9.17, 15) is 4.79 Å². The lowest BCUT2D eigenvalue weighted by molar-refractivity contribution is -0.131. The molecule has 32 heavy (non-hydrogen) atoms. The number of nitrogens with zero attached hydrogens (tertiary/aromatic N) is 2. The topological polar surface area (TPSA) is 42.0 Å². The van der Waals surface area contributed by atoms with Gasteiger partial charge in [0.05, 0.1) is 7.11 Å². The van der Waals surface area contributed by atoms with Gasteiger partial charge in [0.15, 0.2) is 0 Å². The number of amides is 1. The molecule has 0 radical (unpaired) electrons. The van der Waals surface area contributed by atoms with Crippen LogP contribution in [-0.2, 0) is 11.3 Å². The number of hydrogen-bond donors (Lipinski definition) is 0. The third-order valence-corrected chi connectivity index (χ3v) is 7.52. The summed E-state index contributed by atoms with van der Waals surface area (Å²) in [6.07, 6.45) is 5.85. The second kappa shape index (κ2) is 9.14. The fourth-order valence-electron chi connectivity index (χ4n) is 5.65. The highest BCUT2D eigenvalue weighted by atomic mass is 16.5. The summed E-state index contributed by atoms with van der Waals surface area (Å²) < 4.78 is 11.9. The molecule has 1 atom stereocenters. The van der Waals surface area contributed by atoms with E-state index in [-0.39, 0.29) is 11.5 Å². The summed E-state index contributed by atoms with van der Waals surface area (Å²) in [4.78, 5) is 17.5. The van der Waals surface area contributed by atoms with Crippen LogP contribution >= 0.6 is 0 Å². The minimum Gasteiger partial charge on any atom is -0.497 e. The van der Waals surface area contributed by atoms with Gasteiger partial charge in [0, 0.05) is 45.1 Å². The molecule has 0 aliphatic carbocycles. The Morgan fingerprint density at radius 1 is 1.03 bits per heavy atom. The van der Waals surface area contributed by atoms with Crippen molar-refractivity contribution in [3.05, 3.63) is 59.7 Å². The van der Waals surface area contributed by atoms with Crippen molar-refractivity contribution in [1.29, 1.82) is 0 Å². The molecule has 0 bridgehead atoms. The maximum Gasteiger partial charge on any atom is 0.223 e. The Kier molecular flexibility index (Phi) is 6.09. The van der Waals surface area contributed by atoms with Gasteiger partial charge in [-0.2, -0.15) is 0 Å². The molecule has 0 N–H and O–H groups in total. The summed E-state index contributed by atoms with van der Waals surface area (Å²) in [5.41, 5.74) is 2.37. The number of ether oxygens (including phenoxy) is 2. The molecule has 0 unspecified atom stereocenters. The largest absolute Gasteiger partial charge is 0.497 e. The molecule has 1 spiro atoms. The molecule has 5 nitrogen and oxygen atoms in total. The number of rotatable bonds is 5. The van der Waals surface area contributed by atoms with Crippen molar-refractivity contribution >= 4 is 5.91 Å². The third-order valence-electron chi connectivity index (χ3n) is 7.52. The average molecular weight is 435 g/mol. The third kappa shape index (κ3) is 4.49. The molecule has 3 heterocycles. The van der Waals surface area contributed by atoms with Crippen molar-refractivity contribution in [2.24, 2.45) is 0 Å². The van der Waals surface area contributed by atoms with Crippen molar-refractivity contribution in [3.63, 3.8) is 0 Å². The van der Waals surface area contributed by atoms with Crippen LogP contribution in [0.2, 0.25) is 0 Å². The smallest absolute Gasteiger partial charge is 0.223 e. The van der Waals surface area contributed by atoms with Gasteiger partial charge in [0.1, 0.15) is 17.1 Å². The summed E-state index contributed by atoms with van der Waals surface area (Å²) in [7, 11) is 1.70. The number of carbonyl (C=O) groups is 1. The Morgan fingerprint density at radius 2 is 1.75 bits per heavy atom. The molecule has 3 aliphatic heterocycles. The average Bonchev–Trinajstić information content (AvgIpc) is 3.37. The van der Waals surface area contributed by atoms with Gasteiger partial charge in [0.2, 0.25) is 5.91 Å². The summed E-state index contributed by atoms with van der Waals surface area (Å²) in [6, 6.07) is 16.7. The predicted octanol–water partition coefficient (Wildman–Crippen LogP) is 4.61. The maximum absolute atomic E-state index is 13.0. The lowest BCUT2D eigenvalue weighted by Gasteiger charge is -2.47. The molecule has 170 valence electrons. The van der Waals surface area contributed by atoms with Gasteiger partial charge in [-0.15, -0.1) is 0 Å². The van der Waals surface area contributed by atoms with Gasteiger partial charge >= 0.3 is 0 Å². The molecule has 3 aliphatic rings. The normalized spacial score (nSPS) is 22.4. The van der Waals surface area contributed by atoms with Crippen LogP contribution in [0.3, 0.4) is 0 Å². The molecular formula is C27H34N2O3. The van der Waals surface area contributed by atoms with E-state index in [4.69, 9.17) is 9.47 Å². The number of benzene rings is 2. The van der Waals surface area contributed by atoms with Crippen LogP contribution < -0.4 is 9.47 Å². The van der Waals surface area contributed by atoms with Crippen LogP contribution in [-0.4, -0.2) is 54.6 Å². The van der Waals surface area contributed by atoms with Crippen LogP contribution in [0.15, 0.2) is 48.5 Å². The Hall–Kier alpha value is -2.53. The van der Waals surface area contributed by atoms with Crippen LogP contribution in [0.4, 0.5) is 0 Å². The van der Waals surface area contributed by atoms with Crippen molar-refractivity contribution in [2.45, 2.75) is 56.6 Å². The zero-order valence-corrected chi connectivity index (χ0v) is 19.1. The highest BCUT2D eigenvalue weighted by Crippen LogP contribution is 2.46. The van der Waals surface area contributed by atoms with Crippen molar-refractivity contribution in [2.75, 3.05) is 33.3 Å². The lowest BCUT2D eigenvalue weighted by atomic mass is 9.76. The standard InChI is InChI=1S/C27H34N2O3/c1-31-23-10-8-21(9-11-23)20-28-16-12-27(13-17-28)19-22(18-26(30)29-14-4-5-15-29)24-6-2-3-7-25(24)32-27/h2-3,6-11,22H,4-5,12-20H2,1H3/t22-/m0/s1. The summed E-state index contributed by atoms with van der Waals surface area (Å²) in [5, 5.41) is 0. The summed E-state index contributed by atoms with van der Waals surface area (Å²) in [6.45, 7) is 4.83. The number of piperidine rings is 1. The molecule has 5 heteroatoms. The number of hydrogen-bond acceptors (Lipinski definition) is 4. The Morgan fingerprint density at radius 3 is 2.47 bits per heavy atom. The SMILES string of the molecule is COc1ccc(CN2CCC3(CC2)C[C@H](CC(=O)N2CCCC2)c2ccccc2O3)cc1. The molecule has 5 rings (SSSR count). The molecule has 0 aromatic heterocycles. The van der Waals surface area contributed by atoms with Crippen molar-refractivity contribution < 1.29 is 14.3 Å². The van der Waals surface area contributed by atoms with E-state index in [2.05, 4.69) is 46.2 Å². The molecule has 1 amide bonds. The molecule has 0 saturated carbocycles. The van der Waals surface area contributed by atoms with E-state index in [1.807, 2.05) is 12.1 Å². The zero-order valence-electron chi connectivity index (χ0n) is 19.1. The molecular weight excluding hydrogens is 400 g/mol.